The molecule has 0 aliphatic heterocycles. The van der Waals surface area contributed by atoms with E-state index in [2.05, 4.69) is 4.98 Å². The highest BCUT2D eigenvalue weighted by atomic mass is 16.6. The van der Waals surface area contributed by atoms with Crippen LogP contribution in [-0.4, -0.2) is 16.5 Å². The van der Waals surface area contributed by atoms with E-state index in [1.807, 2.05) is 18.2 Å². The smallest absolute Gasteiger partial charge is 0.294 e. The summed E-state index contributed by atoms with van der Waals surface area (Å²) < 4.78 is 0. The van der Waals surface area contributed by atoms with Gasteiger partial charge in [-0.3, -0.25) is 10.1 Å². The Morgan fingerprint density at radius 2 is 2.27 bits per heavy atom. The minimum atomic E-state index is -0.376. The van der Waals surface area contributed by atoms with Gasteiger partial charge in [-0.25, -0.2) is 0 Å². The van der Waals surface area contributed by atoms with E-state index >= 15 is 0 Å². The van der Waals surface area contributed by atoms with E-state index in [9.17, 15) is 10.1 Å². The Balaban J connectivity index is 2.69. The van der Waals surface area contributed by atoms with Gasteiger partial charge in [0.05, 0.1) is 22.0 Å². The summed E-state index contributed by atoms with van der Waals surface area (Å²) >= 11 is 0. The molecule has 0 aliphatic carbocycles. The van der Waals surface area contributed by atoms with Crippen molar-refractivity contribution in [2.75, 3.05) is 6.54 Å². The van der Waals surface area contributed by atoms with Crippen molar-refractivity contribution in [2.24, 2.45) is 5.73 Å². The molecule has 0 spiro atoms. The molecule has 3 N–H and O–H groups in total. The van der Waals surface area contributed by atoms with Crippen LogP contribution >= 0.6 is 0 Å². The van der Waals surface area contributed by atoms with Gasteiger partial charge in [0.1, 0.15) is 0 Å². The van der Waals surface area contributed by atoms with Crippen LogP contribution in [0.4, 0.5) is 5.69 Å². The Labute approximate surface area is 86.0 Å². The monoisotopic (exact) mass is 205 g/mol. The van der Waals surface area contributed by atoms with Gasteiger partial charge >= 0.3 is 0 Å². The van der Waals surface area contributed by atoms with Crippen LogP contribution in [0.25, 0.3) is 10.9 Å². The predicted octanol–water partition coefficient (Wildman–Crippen LogP) is 1.58. The van der Waals surface area contributed by atoms with E-state index in [1.165, 1.54) is 6.20 Å². The summed E-state index contributed by atoms with van der Waals surface area (Å²) in [7, 11) is 0. The van der Waals surface area contributed by atoms with Crippen molar-refractivity contribution in [3.05, 3.63) is 40.1 Å². The number of H-pyrrole nitrogens is 1. The van der Waals surface area contributed by atoms with Crippen LogP contribution in [0.5, 0.6) is 0 Å². The van der Waals surface area contributed by atoms with Gasteiger partial charge in [0.15, 0.2) is 0 Å². The maximum absolute atomic E-state index is 10.8. The minimum Gasteiger partial charge on any atom is -0.355 e. The average Bonchev–Trinajstić information content (AvgIpc) is 2.62. The van der Waals surface area contributed by atoms with E-state index in [0.717, 1.165) is 11.1 Å². The zero-order chi connectivity index (χ0) is 10.8. The zero-order valence-electron chi connectivity index (χ0n) is 8.06. The van der Waals surface area contributed by atoms with Crippen LogP contribution in [0.1, 0.15) is 5.56 Å². The summed E-state index contributed by atoms with van der Waals surface area (Å²) in [5.74, 6) is 0. The summed E-state index contributed by atoms with van der Waals surface area (Å²) in [6.07, 6.45) is 2.07. The highest BCUT2D eigenvalue weighted by Gasteiger charge is 2.16. The van der Waals surface area contributed by atoms with Crippen LogP contribution < -0.4 is 5.73 Å². The second-order valence-corrected chi connectivity index (χ2v) is 3.31. The van der Waals surface area contributed by atoms with Crippen molar-refractivity contribution in [3.8, 4) is 0 Å². The Bertz CT molecular complexity index is 504. The number of nitrogens with zero attached hydrogens (tertiary/aromatic N) is 1. The molecule has 5 heteroatoms. The highest BCUT2D eigenvalue weighted by Crippen LogP contribution is 2.28. The van der Waals surface area contributed by atoms with Crippen molar-refractivity contribution < 1.29 is 4.92 Å². The standard InChI is InChI=1S/C10H11N3O2/c11-5-4-7-2-1-3-8-10(7)9(6-12-8)13(14)15/h1-3,6,12H,4-5,11H2. The van der Waals surface area contributed by atoms with Gasteiger partial charge in [-0.05, 0) is 24.6 Å². The molecule has 2 rings (SSSR count). The maximum Gasteiger partial charge on any atom is 0.294 e. The molecule has 2 aromatic rings. The molecule has 0 saturated heterocycles. The van der Waals surface area contributed by atoms with E-state index in [1.54, 1.807) is 0 Å². The van der Waals surface area contributed by atoms with Gasteiger partial charge in [0.25, 0.3) is 5.69 Å². The molecule has 0 saturated carbocycles. The molecule has 0 unspecified atom stereocenters. The second-order valence-electron chi connectivity index (χ2n) is 3.31. The fourth-order valence-corrected chi connectivity index (χ4v) is 1.75. The van der Waals surface area contributed by atoms with Gasteiger partial charge < -0.3 is 10.7 Å². The number of aromatic nitrogens is 1. The first-order valence-corrected chi connectivity index (χ1v) is 4.67. The summed E-state index contributed by atoms with van der Waals surface area (Å²) in [5, 5.41) is 11.5. The number of aromatic amines is 1. The number of fused-ring (bicyclic) bond motifs is 1. The first-order chi connectivity index (χ1) is 7.24. The third-order valence-corrected chi connectivity index (χ3v) is 2.38. The van der Waals surface area contributed by atoms with Crippen molar-refractivity contribution in [3.63, 3.8) is 0 Å². The molecule has 0 aliphatic rings. The topological polar surface area (TPSA) is 85.0 Å². The van der Waals surface area contributed by atoms with Crippen LogP contribution in [0.3, 0.4) is 0 Å². The summed E-state index contributed by atoms with van der Waals surface area (Å²) in [4.78, 5) is 13.3. The minimum absolute atomic E-state index is 0.119. The lowest BCUT2D eigenvalue weighted by molar-refractivity contribution is -0.383. The Morgan fingerprint density at radius 1 is 1.47 bits per heavy atom. The third kappa shape index (κ3) is 1.57. The average molecular weight is 205 g/mol. The van der Waals surface area contributed by atoms with Gasteiger partial charge in [-0.1, -0.05) is 12.1 Å². The van der Waals surface area contributed by atoms with E-state index < -0.39 is 0 Å². The lowest BCUT2D eigenvalue weighted by Gasteiger charge is -2.00. The first-order valence-electron chi connectivity index (χ1n) is 4.67. The van der Waals surface area contributed by atoms with Gasteiger partial charge in [0.2, 0.25) is 0 Å². The summed E-state index contributed by atoms with van der Waals surface area (Å²) in [6.45, 7) is 0.488. The highest BCUT2D eigenvalue weighted by molar-refractivity contribution is 5.92. The second kappa shape index (κ2) is 3.70. The molecular weight excluding hydrogens is 194 g/mol. The lowest BCUT2D eigenvalue weighted by Crippen LogP contribution is -2.03. The molecule has 0 atom stereocenters. The zero-order valence-corrected chi connectivity index (χ0v) is 8.06. The van der Waals surface area contributed by atoms with Crippen LogP contribution in [0.2, 0.25) is 0 Å². The van der Waals surface area contributed by atoms with Crippen molar-refractivity contribution in [2.45, 2.75) is 6.42 Å². The largest absolute Gasteiger partial charge is 0.355 e. The molecule has 0 fully saturated rings. The normalized spacial score (nSPS) is 10.7. The van der Waals surface area contributed by atoms with E-state index in [-0.39, 0.29) is 10.6 Å². The number of hydrogen-bond acceptors (Lipinski definition) is 3. The number of rotatable bonds is 3. The lowest BCUT2D eigenvalue weighted by atomic mass is 10.1. The van der Waals surface area contributed by atoms with E-state index in [0.29, 0.717) is 18.4 Å². The number of nitro groups is 1. The van der Waals surface area contributed by atoms with Crippen molar-refractivity contribution >= 4 is 16.6 Å². The molecule has 0 bridgehead atoms. The van der Waals surface area contributed by atoms with Crippen LogP contribution in [-0.2, 0) is 6.42 Å². The summed E-state index contributed by atoms with van der Waals surface area (Å²) in [5.41, 5.74) is 7.29. The Kier molecular flexibility index (Phi) is 2.39. The molecule has 0 radical (unpaired) electrons. The molecular formula is C10H11N3O2. The number of nitrogens with one attached hydrogen (secondary N) is 1. The van der Waals surface area contributed by atoms with Gasteiger partial charge in [0, 0.05) is 0 Å². The number of nitrogens with two attached hydrogens (primary N) is 1. The molecule has 1 aromatic carbocycles. The fraction of sp³-hybridized carbons (Fsp3) is 0.200. The third-order valence-electron chi connectivity index (χ3n) is 2.38. The van der Waals surface area contributed by atoms with Crippen molar-refractivity contribution in [1.29, 1.82) is 0 Å². The quantitative estimate of drug-likeness (QED) is 0.589. The van der Waals surface area contributed by atoms with Crippen molar-refractivity contribution in [1.82, 2.24) is 4.98 Å². The molecule has 15 heavy (non-hydrogen) atoms. The molecule has 5 nitrogen and oxygen atoms in total. The first kappa shape index (κ1) is 9.67. The predicted molar refractivity (Wildman–Crippen MR) is 57.7 cm³/mol. The van der Waals surface area contributed by atoms with Gasteiger partial charge in [-0.2, -0.15) is 0 Å². The van der Waals surface area contributed by atoms with E-state index in [4.69, 9.17) is 5.73 Å². The van der Waals surface area contributed by atoms with Crippen LogP contribution in [0.15, 0.2) is 24.4 Å². The Hall–Kier alpha value is -1.88. The SMILES string of the molecule is NCCc1cccc2[nH]cc([N+](=O)[O-])c12. The molecule has 78 valence electrons. The molecule has 1 heterocycles. The van der Waals surface area contributed by atoms with Gasteiger partial charge in [-0.15, -0.1) is 0 Å². The maximum atomic E-state index is 10.8. The van der Waals surface area contributed by atoms with Crippen LogP contribution in [0, 0.1) is 10.1 Å². The number of hydrogen-bond donors (Lipinski definition) is 2. The Morgan fingerprint density at radius 3 is 2.93 bits per heavy atom. The molecule has 0 amide bonds. The number of benzene rings is 1. The summed E-state index contributed by atoms with van der Waals surface area (Å²) in [6, 6.07) is 5.56. The molecule has 1 aromatic heterocycles. The fourth-order valence-electron chi connectivity index (χ4n) is 1.75.